The predicted molar refractivity (Wildman–Crippen MR) is 113 cm³/mol. The lowest BCUT2D eigenvalue weighted by Crippen LogP contribution is -2.16. The zero-order chi connectivity index (χ0) is 22.3. The van der Waals surface area contributed by atoms with Gasteiger partial charge in [-0.3, -0.25) is 4.79 Å². The normalized spacial score (nSPS) is 11.0. The second-order valence-electron chi connectivity index (χ2n) is 6.71. The Morgan fingerprint density at radius 3 is 2.50 bits per heavy atom. The Morgan fingerprint density at radius 1 is 1.17 bits per heavy atom. The van der Waals surface area contributed by atoms with E-state index in [1.807, 2.05) is 26.0 Å². The van der Waals surface area contributed by atoms with Crippen molar-refractivity contribution in [2.45, 2.75) is 33.7 Å². The summed E-state index contributed by atoms with van der Waals surface area (Å²) in [6, 6.07) is 8.51. The molecular weight excluding hydrogens is 384 g/mol. The fourth-order valence-electron chi connectivity index (χ4n) is 3.15. The molecule has 0 saturated heterocycles. The molecule has 0 radical (unpaired) electrons. The highest BCUT2D eigenvalue weighted by atomic mass is 16.5. The van der Waals surface area contributed by atoms with Crippen molar-refractivity contribution in [3.05, 3.63) is 52.4 Å². The minimum Gasteiger partial charge on any atom is -0.497 e. The quantitative estimate of drug-likeness (QED) is 0.270. The molecule has 158 valence electrons. The number of hydrogen-bond acceptors (Lipinski definition) is 6. The monoisotopic (exact) mass is 410 g/mol. The highest BCUT2D eigenvalue weighted by molar-refractivity contribution is 6.03. The van der Waals surface area contributed by atoms with Crippen LogP contribution in [0.5, 0.6) is 11.5 Å². The Balaban J connectivity index is 2.15. The van der Waals surface area contributed by atoms with Gasteiger partial charge in [0.1, 0.15) is 23.1 Å². The molecule has 1 aromatic heterocycles. The van der Waals surface area contributed by atoms with Crippen LogP contribution in [0.25, 0.3) is 6.08 Å². The lowest BCUT2D eigenvalue weighted by atomic mass is 10.1. The molecule has 7 nitrogen and oxygen atoms in total. The number of carbonyl (C=O) groups is 2. The molecule has 2 rings (SSSR count). The Hall–Kier alpha value is -3.53. The number of nitriles is 1. The van der Waals surface area contributed by atoms with E-state index in [2.05, 4.69) is 11.5 Å². The van der Waals surface area contributed by atoms with E-state index in [1.54, 1.807) is 12.1 Å². The van der Waals surface area contributed by atoms with Crippen molar-refractivity contribution in [1.82, 2.24) is 4.57 Å². The maximum absolute atomic E-state index is 12.5. The van der Waals surface area contributed by atoms with Gasteiger partial charge in [-0.15, -0.1) is 0 Å². The number of aryl methyl sites for hydroxylation is 1. The zero-order valence-electron chi connectivity index (χ0n) is 17.9. The molecular formula is C23H26N2O5. The van der Waals surface area contributed by atoms with E-state index in [0.29, 0.717) is 11.5 Å². The molecule has 0 aliphatic heterocycles. The number of benzene rings is 1. The standard InChI is InChI=1S/C23H26N2O5/c1-6-9-25-15(2)10-17(16(25)3)11-18(13-24)23(27)30-14-21(26)20-8-7-19(28-4)12-22(20)29-5/h7-8,10-12H,6,9,14H2,1-5H3/b18-11+. The average molecular weight is 410 g/mol. The molecule has 1 aromatic carbocycles. The van der Waals surface area contributed by atoms with Crippen LogP contribution in [0.2, 0.25) is 0 Å². The highest BCUT2D eigenvalue weighted by Crippen LogP contribution is 2.25. The van der Waals surface area contributed by atoms with Crippen LogP contribution >= 0.6 is 0 Å². The molecule has 0 atom stereocenters. The third-order valence-corrected chi connectivity index (χ3v) is 4.74. The van der Waals surface area contributed by atoms with Gasteiger partial charge in [-0.05, 0) is 50.1 Å². The van der Waals surface area contributed by atoms with E-state index in [0.717, 1.165) is 29.9 Å². The lowest BCUT2D eigenvalue weighted by molar-refractivity contribution is -0.137. The number of aromatic nitrogens is 1. The summed E-state index contributed by atoms with van der Waals surface area (Å²) in [6.45, 7) is 6.35. The van der Waals surface area contributed by atoms with Crippen molar-refractivity contribution >= 4 is 17.8 Å². The van der Waals surface area contributed by atoms with Gasteiger partial charge in [0.05, 0.1) is 19.8 Å². The molecule has 0 aliphatic rings. The molecule has 7 heteroatoms. The summed E-state index contributed by atoms with van der Waals surface area (Å²) in [5.41, 5.74) is 2.89. The largest absolute Gasteiger partial charge is 0.497 e. The topological polar surface area (TPSA) is 90.6 Å². The maximum atomic E-state index is 12.5. The first kappa shape index (κ1) is 22.8. The fraction of sp³-hybridized carbons (Fsp3) is 0.348. The third kappa shape index (κ3) is 5.09. The summed E-state index contributed by atoms with van der Waals surface area (Å²) >= 11 is 0. The van der Waals surface area contributed by atoms with Gasteiger partial charge in [0.25, 0.3) is 0 Å². The Morgan fingerprint density at radius 2 is 1.90 bits per heavy atom. The first-order chi connectivity index (χ1) is 14.4. The van der Waals surface area contributed by atoms with Crippen LogP contribution in [0.15, 0.2) is 29.8 Å². The maximum Gasteiger partial charge on any atom is 0.349 e. The van der Waals surface area contributed by atoms with Gasteiger partial charge in [-0.2, -0.15) is 5.26 Å². The summed E-state index contributed by atoms with van der Waals surface area (Å²) in [5, 5.41) is 9.41. The van der Waals surface area contributed by atoms with Crippen LogP contribution in [0.1, 0.15) is 40.7 Å². The van der Waals surface area contributed by atoms with Crippen molar-refractivity contribution in [2.24, 2.45) is 0 Å². The second kappa shape index (κ2) is 10.3. The minimum atomic E-state index is -0.848. The Bertz CT molecular complexity index is 1010. The predicted octanol–water partition coefficient (Wildman–Crippen LogP) is 3.87. The molecule has 0 unspecified atom stereocenters. The second-order valence-corrected chi connectivity index (χ2v) is 6.71. The lowest BCUT2D eigenvalue weighted by Gasteiger charge is -2.10. The van der Waals surface area contributed by atoms with E-state index < -0.39 is 18.4 Å². The van der Waals surface area contributed by atoms with Gasteiger partial charge < -0.3 is 18.8 Å². The summed E-state index contributed by atoms with van der Waals surface area (Å²) < 4.78 is 17.5. The van der Waals surface area contributed by atoms with E-state index in [-0.39, 0.29) is 11.1 Å². The highest BCUT2D eigenvalue weighted by Gasteiger charge is 2.18. The van der Waals surface area contributed by atoms with E-state index in [9.17, 15) is 14.9 Å². The number of methoxy groups -OCH3 is 2. The van der Waals surface area contributed by atoms with Crippen molar-refractivity contribution in [3.63, 3.8) is 0 Å². The number of nitrogens with zero attached hydrogens (tertiary/aromatic N) is 2. The van der Waals surface area contributed by atoms with Gasteiger partial charge in [0, 0.05) is 24.0 Å². The van der Waals surface area contributed by atoms with Gasteiger partial charge in [0.15, 0.2) is 6.61 Å². The molecule has 0 aliphatic carbocycles. The molecule has 0 fully saturated rings. The summed E-state index contributed by atoms with van der Waals surface area (Å²) in [4.78, 5) is 24.8. The van der Waals surface area contributed by atoms with Crippen molar-refractivity contribution < 1.29 is 23.8 Å². The summed E-state index contributed by atoms with van der Waals surface area (Å²) in [6.07, 6.45) is 2.47. The van der Waals surface area contributed by atoms with Crippen molar-refractivity contribution in [3.8, 4) is 17.6 Å². The third-order valence-electron chi connectivity index (χ3n) is 4.74. The molecule has 0 amide bonds. The summed E-state index contributed by atoms with van der Waals surface area (Å²) in [5.74, 6) is -0.439. The number of esters is 1. The average Bonchev–Trinajstić information content (AvgIpc) is 3.02. The summed E-state index contributed by atoms with van der Waals surface area (Å²) in [7, 11) is 2.94. The molecule has 0 spiro atoms. The first-order valence-corrected chi connectivity index (χ1v) is 9.57. The van der Waals surface area contributed by atoms with Gasteiger partial charge in [0.2, 0.25) is 5.78 Å². The number of hydrogen-bond donors (Lipinski definition) is 0. The van der Waals surface area contributed by atoms with Crippen LogP contribution in [0, 0.1) is 25.2 Å². The van der Waals surface area contributed by atoms with E-state index in [4.69, 9.17) is 14.2 Å². The smallest absolute Gasteiger partial charge is 0.349 e. The number of ether oxygens (including phenoxy) is 3. The van der Waals surface area contributed by atoms with Crippen molar-refractivity contribution in [1.29, 1.82) is 5.26 Å². The Labute approximate surface area is 176 Å². The van der Waals surface area contributed by atoms with Crippen LogP contribution in [-0.2, 0) is 16.1 Å². The number of ketones is 1. The van der Waals surface area contributed by atoms with E-state index in [1.165, 1.54) is 26.4 Å². The molecule has 0 N–H and O–H groups in total. The SMILES string of the molecule is CCCn1c(C)cc(/C=C(\C#N)C(=O)OCC(=O)c2ccc(OC)cc2OC)c1C. The molecule has 30 heavy (non-hydrogen) atoms. The van der Waals surface area contributed by atoms with Crippen LogP contribution in [0.4, 0.5) is 0 Å². The van der Waals surface area contributed by atoms with Crippen molar-refractivity contribution in [2.75, 3.05) is 20.8 Å². The molecule has 2 aromatic rings. The molecule has 0 saturated carbocycles. The Kier molecular flexibility index (Phi) is 7.82. The first-order valence-electron chi connectivity index (χ1n) is 9.57. The number of rotatable bonds is 9. The number of Topliss-reactive ketones (excluding diaryl/α,β-unsaturated/α-hetero) is 1. The fourth-order valence-corrected chi connectivity index (χ4v) is 3.15. The van der Waals surface area contributed by atoms with Crippen LogP contribution in [-0.4, -0.2) is 37.1 Å². The van der Waals surface area contributed by atoms with Crippen LogP contribution in [0.3, 0.4) is 0 Å². The van der Waals surface area contributed by atoms with Crippen LogP contribution < -0.4 is 9.47 Å². The van der Waals surface area contributed by atoms with Gasteiger partial charge in [-0.1, -0.05) is 6.92 Å². The molecule has 0 bridgehead atoms. The van der Waals surface area contributed by atoms with E-state index >= 15 is 0 Å². The zero-order valence-corrected chi connectivity index (χ0v) is 17.9. The molecule has 1 heterocycles. The van der Waals surface area contributed by atoms with Gasteiger partial charge >= 0.3 is 5.97 Å². The van der Waals surface area contributed by atoms with Gasteiger partial charge in [-0.25, -0.2) is 4.79 Å². The number of carbonyl (C=O) groups excluding carboxylic acids is 2. The minimum absolute atomic E-state index is 0.166.